The first-order valence-electron chi connectivity index (χ1n) is 15.8. The summed E-state index contributed by atoms with van der Waals surface area (Å²) in [6.45, 7) is 0. The van der Waals surface area contributed by atoms with E-state index in [4.69, 9.17) is 24.1 Å². The van der Waals surface area contributed by atoms with E-state index >= 15 is 0 Å². The number of rotatable bonds is 1. The molecule has 0 N–H and O–H groups in total. The molecule has 0 spiro atoms. The fraction of sp³-hybridized carbons (Fsp3) is 0. The van der Waals surface area contributed by atoms with Crippen LogP contribution in [-0.4, -0.2) is 0 Å². The van der Waals surface area contributed by atoms with Gasteiger partial charge in [-0.3, -0.25) is 0 Å². The molecule has 224 valence electrons. The average molecular weight is 617 g/mol. The molecule has 4 nitrogen and oxygen atoms in total. The first-order chi connectivity index (χ1) is 23.8. The summed E-state index contributed by atoms with van der Waals surface area (Å²) in [7, 11) is 0. The molecule has 0 aliphatic carbocycles. The van der Waals surface area contributed by atoms with Crippen LogP contribution in [0.3, 0.4) is 0 Å². The van der Waals surface area contributed by atoms with Gasteiger partial charge >= 0.3 is 0 Å². The summed E-state index contributed by atoms with van der Waals surface area (Å²) in [6.07, 6.45) is 5.72. The molecule has 0 aliphatic heterocycles. The lowest BCUT2D eigenvalue weighted by molar-refractivity contribution is 0.603. The lowest BCUT2D eigenvalue weighted by Crippen LogP contribution is -1.81. The number of fused-ring (bicyclic) bond motifs is 13. The molecule has 0 radical (unpaired) electrons. The van der Waals surface area contributed by atoms with Gasteiger partial charge in [-0.1, -0.05) is 97.1 Å². The van der Waals surface area contributed by atoms with Crippen molar-refractivity contribution in [3.8, 4) is 23.5 Å². The van der Waals surface area contributed by atoms with Crippen LogP contribution in [0.5, 0.6) is 0 Å². The van der Waals surface area contributed by atoms with Crippen molar-refractivity contribution in [2.75, 3.05) is 0 Å². The normalized spacial score (nSPS) is 11.7. The monoisotopic (exact) mass is 616 g/mol. The van der Waals surface area contributed by atoms with Crippen molar-refractivity contribution in [3.63, 3.8) is 0 Å². The van der Waals surface area contributed by atoms with Crippen LogP contribution in [0, 0.1) is 12.3 Å². The van der Waals surface area contributed by atoms with E-state index in [1.165, 1.54) is 21.5 Å². The quantitative estimate of drug-likeness (QED) is 0.172. The van der Waals surface area contributed by atoms with Gasteiger partial charge in [-0.05, 0) is 59.3 Å². The van der Waals surface area contributed by atoms with Crippen LogP contribution < -0.4 is 0 Å². The van der Waals surface area contributed by atoms with Gasteiger partial charge in [0, 0.05) is 48.7 Å². The third kappa shape index (κ3) is 3.79. The van der Waals surface area contributed by atoms with E-state index in [1.807, 2.05) is 78.9 Å². The molecule has 0 aliphatic rings. The van der Waals surface area contributed by atoms with E-state index in [2.05, 4.69) is 66.6 Å². The zero-order chi connectivity index (χ0) is 31.8. The van der Waals surface area contributed by atoms with Crippen molar-refractivity contribution >= 4 is 87.6 Å². The van der Waals surface area contributed by atoms with Gasteiger partial charge in [0.15, 0.2) is 5.76 Å². The second kappa shape index (κ2) is 10.2. The van der Waals surface area contributed by atoms with Crippen LogP contribution in [0.25, 0.3) is 98.7 Å². The number of furan rings is 4. The highest BCUT2D eigenvalue weighted by atomic mass is 16.3. The third-order valence-electron chi connectivity index (χ3n) is 9.26. The number of para-hydroxylation sites is 4. The molecule has 0 saturated carbocycles. The van der Waals surface area contributed by atoms with Crippen LogP contribution >= 0.6 is 0 Å². The van der Waals surface area contributed by atoms with E-state index in [0.29, 0.717) is 5.76 Å². The highest BCUT2D eigenvalue weighted by molar-refractivity contribution is 6.30. The minimum atomic E-state index is 0.550. The van der Waals surface area contributed by atoms with Gasteiger partial charge in [0.05, 0.1) is 0 Å². The van der Waals surface area contributed by atoms with Crippen molar-refractivity contribution in [1.82, 2.24) is 0 Å². The molecular formula is C44H24O4. The smallest absolute Gasteiger partial charge is 0.185 e. The Balaban J connectivity index is 0.000000123. The molecule has 0 saturated heterocycles. The summed E-state index contributed by atoms with van der Waals surface area (Å²) < 4.78 is 24.0. The lowest BCUT2D eigenvalue weighted by Gasteiger charge is -2.02. The Labute approximate surface area is 273 Å². The van der Waals surface area contributed by atoms with Crippen molar-refractivity contribution in [3.05, 3.63) is 145 Å². The van der Waals surface area contributed by atoms with Gasteiger partial charge < -0.3 is 17.7 Å². The van der Waals surface area contributed by atoms with E-state index < -0.39 is 0 Å². The molecule has 4 heterocycles. The van der Waals surface area contributed by atoms with Gasteiger partial charge in [-0.15, -0.1) is 6.42 Å². The molecule has 7 aromatic carbocycles. The predicted octanol–water partition coefficient (Wildman–Crippen LogP) is 12.6. The summed E-state index contributed by atoms with van der Waals surface area (Å²) in [4.78, 5) is 0. The molecule has 0 unspecified atom stereocenters. The number of benzene rings is 7. The predicted molar refractivity (Wildman–Crippen MR) is 195 cm³/mol. The molecule has 11 rings (SSSR count). The Morgan fingerprint density at radius 2 is 0.792 bits per heavy atom. The zero-order valence-electron chi connectivity index (χ0n) is 25.5. The Morgan fingerprint density at radius 1 is 0.354 bits per heavy atom. The molecule has 48 heavy (non-hydrogen) atoms. The maximum Gasteiger partial charge on any atom is 0.185 e. The van der Waals surface area contributed by atoms with Crippen LogP contribution in [0.2, 0.25) is 0 Å². The van der Waals surface area contributed by atoms with E-state index in [0.717, 1.165) is 77.1 Å². The van der Waals surface area contributed by atoms with Crippen LogP contribution in [0.1, 0.15) is 5.76 Å². The zero-order valence-corrected chi connectivity index (χ0v) is 25.5. The van der Waals surface area contributed by atoms with E-state index in [9.17, 15) is 0 Å². The maximum absolute atomic E-state index is 6.07. The van der Waals surface area contributed by atoms with Crippen molar-refractivity contribution < 1.29 is 17.7 Å². The van der Waals surface area contributed by atoms with Gasteiger partial charge in [0.1, 0.15) is 39.1 Å². The molecule has 4 heteroatoms. The highest BCUT2D eigenvalue weighted by Gasteiger charge is 2.20. The summed E-state index contributed by atoms with van der Waals surface area (Å²) in [5, 5.41) is 10.2. The minimum absolute atomic E-state index is 0.550. The standard InChI is InChI=1S/2C22H12O2/c1-3-7-16-14(5-1)21-18(23-16)11-9-13-10-12-19-22(20(13)21)15-6-2-4-8-17(15)24-19;1-2-17-21(14-8-3-5-11-18(14)23-17)16-10-7-13-20-22(16)15-9-4-6-12-19(15)24-20/h1-12H;1,3-13H. The second-order valence-corrected chi connectivity index (χ2v) is 11.9. The Morgan fingerprint density at radius 3 is 1.33 bits per heavy atom. The van der Waals surface area contributed by atoms with Crippen LogP contribution in [-0.2, 0) is 0 Å². The van der Waals surface area contributed by atoms with Gasteiger partial charge in [-0.25, -0.2) is 0 Å². The molecule has 0 fully saturated rings. The largest absolute Gasteiger partial charge is 0.456 e. The Hall–Kier alpha value is -6.70. The van der Waals surface area contributed by atoms with Crippen molar-refractivity contribution in [2.45, 2.75) is 0 Å². The minimum Gasteiger partial charge on any atom is -0.456 e. The molecule has 0 bridgehead atoms. The van der Waals surface area contributed by atoms with Crippen molar-refractivity contribution in [1.29, 1.82) is 0 Å². The van der Waals surface area contributed by atoms with Gasteiger partial charge in [0.25, 0.3) is 0 Å². The Bertz CT molecular complexity index is 2980. The summed E-state index contributed by atoms with van der Waals surface area (Å²) in [6, 6.07) is 46.8. The summed E-state index contributed by atoms with van der Waals surface area (Å²) in [5.74, 6) is 3.24. The first-order valence-corrected chi connectivity index (χ1v) is 15.8. The number of hydrogen-bond donors (Lipinski definition) is 0. The molecular weight excluding hydrogens is 592 g/mol. The molecule has 0 atom stereocenters. The second-order valence-electron chi connectivity index (χ2n) is 11.9. The van der Waals surface area contributed by atoms with Gasteiger partial charge in [-0.2, -0.15) is 0 Å². The van der Waals surface area contributed by atoms with E-state index in [-0.39, 0.29) is 0 Å². The number of terminal acetylenes is 1. The SMILES string of the molecule is C#Cc1oc2ccccc2c1-c1cccc2oc3ccccc3c12.c1ccc2c(c1)oc1ccc3ccc4oc5ccccc5c4c3c12. The van der Waals surface area contributed by atoms with Crippen LogP contribution in [0.4, 0.5) is 0 Å². The summed E-state index contributed by atoms with van der Waals surface area (Å²) >= 11 is 0. The highest BCUT2D eigenvalue weighted by Crippen LogP contribution is 2.43. The van der Waals surface area contributed by atoms with Crippen LogP contribution in [0.15, 0.2) is 157 Å². The van der Waals surface area contributed by atoms with E-state index in [1.54, 1.807) is 0 Å². The first kappa shape index (κ1) is 26.5. The summed E-state index contributed by atoms with van der Waals surface area (Å²) in [5.41, 5.74) is 8.18. The third-order valence-corrected chi connectivity index (χ3v) is 9.26. The molecule has 11 aromatic rings. The Kier molecular flexibility index (Phi) is 5.61. The van der Waals surface area contributed by atoms with Gasteiger partial charge in [0.2, 0.25) is 0 Å². The average Bonchev–Trinajstić information content (AvgIpc) is 3.91. The van der Waals surface area contributed by atoms with Crippen molar-refractivity contribution in [2.24, 2.45) is 0 Å². The molecule has 0 amide bonds. The fourth-order valence-corrected chi connectivity index (χ4v) is 7.24. The number of hydrogen-bond acceptors (Lipinski definition) is 4. The fourth-order valence-electron chi connectivity index (χ4n) is 7.24. The lowest BCUT2D eigenvalue weighted by atomic mass is 9.97. The molecule has 4 aromatic heterocycles. The topological polar surface area (TPSA) is 52.6 Å². The maximum atomic E-state index is 6.07.